The van der Waals surface area contributed by atoms with Gasteiger partial charge in [0.25, 0.3) is 0 Å². The van der Waals surface area contributed by atoms with Crippen LogP contribution >= 0.6 is 0 Å². The predicted octanol–water partition coefficient (Wildman–Crippen LogP) is 4.41. The molecule has 2 N–H and O–H groups in total. The standard InChI is InChI=1S/C19H20N2/c1-13(2)14-7-9-15(10-8-14)19(20)17-11-16-5-3-4-6-18(16)21-12-17/h3-13,19H,20H2,1-2H3. The topological polar surface area (TPSA) is 38.9 Å². The van der Waals surface area contributed by atoms with Gasteiger partial charge in [-0.1, -0.05) is 56.3 Å². The number of rotatable bonds is 3. The average Bonchev–Trinajstić information content (AvgIpc) is 2.54. The predicted molar refractivity (Wildman–Crippen MR) is 88.3 cm³/mol. The lowest BCUT2D eigenvalue weighted by molar-refractivity contribution is 0.845. The van der Waals surface area contributed by atoms with E-state index in [-0.39, 0.29) is 6.04 Å². The largest absolute Gasteiger partial charge is 0.320 e. The fourth-order valence-electron chi connectivity index (χ4n) is 2.54. The molecular weight excluding hydrogens is 256 g/mol. The first-order valence-electron chi connectivity index (χ1n) is 7.35. The van der Waals surface area contributed by atoms with Crippen LogP contribution in [0.15, 0.2) is 60.8 Å². The molecule has 0 aliphatic rings. The monoisotopic (exact) mass is 276 g/mol. The second kappa shape index (κ2) is 5.66. The Balaban J connectivity index is 1.93. The summed E-state index contributed by atoms with van der Waals surface area (Å²) in [6, 6.07) is 18.7. The molecule has 3 aromatic rings. The Morgan fingerprint density at radius 1 is 0.857 bits per heavy atom. The molecule has 0 saturated heterocycles. The molecule has 0 spiro atoms. The summed E-state index contributed by atoms with van der Waals surface area (Å²) >= 11 is 0. The molecule has 2 aromatic carbocycles. The summed E-state index contributed by atoms with van der Waals surface area (Å²) in [6.45, 7) is 4.39. The summed E-state index contributed by atoms with van der Waals surface area (Å²) < 4.78 is 0. The Kier molecular flexibility index (Phi) is 3.72. The molecule has 106 valence electrons. The molecule has 0 aliphatic heterocycles. The number of nitrogens with zero attached hydrogens (tertiary/aromatic N) is 1. The second-order valence-corrected chi connectivity index (χ2v) is 5.76. The third kappa shape index (κ3) is 2.81. The fraction of sp³-hybridized carbons (Fsp3) is 0.211. The van der Waals surface area contributed by atoms with Crippen LogP contribution in [-0.2, 0) is 0 Å². The first kappa shape index (κ1) is 13.8. The minimum Gasteiger partial charge on any atom is -0.320 e. The van der Waals surface area contributed by atoms with Crippen molar-refractivity contribution in [3.63, 3.8) is 0 Å². The lowest BCUT2D eigenvalue weighted by Crippen LogP contribution is -2.12. The molecule has 0 radical (unpaired) electrons. The van der Waals surface area contributed by atoms with Crippen LogP contribution in [0.3, 0.4) is 0 Å². The summed E-state index contributed by atoms with van der Waals surface area (Å²) in [6.07, 6.45) is 1.88. The van der Waals surface area contributed by atoms with Crippen molar-refractivity contribution in [1.82, 2.24) is 4.98 Å². The van der Waals surface area contributed by atoms with Gasteiger partial charge in [0.05, 0.1) is 11.6 Å². The number of aromatic nitrogens is 1. The van der Waals surface area contributed by atoms with E-state index in [0.717, 1.165) is 22.0 Å². The number of hydrogen-bond acceptors (Lipinski definition) is 2. The second-order valence-electron chi connectivity index (χ2n) is 5.76. The van der Waals surface area contributed by atoms with Crippen molar-refractivity contribution in [3.8, 4) is 0 Å². The van der Waals surface area contributed by atoms with Gasteiger partial charge in [0.1, 0.15) is 0 Å². The van der Waals surface area contributed by atoms with E-state index < -0.39 is 0 Å². The number of fused-ring (bicyclic) bond motifs is 1. The van der Waals surface area contributed by atoms with Crippen molar-refractivity contribution in [2.24, 2.45) is 5.73 Å². The third-order valence-electron chi connectivity index (χ3n) is 3.93. The molecule has 2 heteroatoms. The number of nitrogens with two attached hydrogens (primary N) is 1. The highest BCUT2D eigenvalue weighted by Crippen LogP contribution is 2.24. The molecule has 0 amide bonds. The van der Waals surface area contributed by atoms with Crippen LogP contribution in [0.4, 0.5) is 0 Å². The molecule has 0 aliphatic carbocycles. The smallest absolute Gasteiger partial charge is 0.0702 e. The average molecular weight is 276 g/mol. The Labute approximate surface area is 125 Å². The SMILES string of the molecule is CC(C)c1ccc(C(N)c2cnc3ccccc3c2)cc1. The maximum Gasteiger partial charge on any atom is 0.0702 e. The molecule has 0 bridgehead atoms. The van der Waals surface area contributed by atoms with E-state index in [9.17, 15) is 0 Å². The van der Waals surface area contributed by atoms with Crippen molar-refractivity contribution in [2.75, 3.05) is 0 Å². The summed E-state index contributed by atoms with van der Waals surface area (Å²) in [5.41, 5.74) is 10.9. The van der Waals surface area contributed by atoms with E-state index in [1.807, 2.05) is 24.4 Å². The molecule has 3 rings (SSSR count). The molecule has 0 saturated carbocycles. The number of para-hydroxylation sites is 1. The van der Waals surface area contributed by atoms with E-state index in [1.54, 1.807) is 0 Å². The van der Waals surface area contributed by atoms with E-state index in [2.05, 4.69) is 55.2 Å². The lowest BCUT2D eigenvalue weighted by Gasteiger charge is -2.14. The van der Waals surface area contributed by atoms with Crippen molar-refractivity contribution < 1.29 is 0 Å². The van der Waals surface area contributed by atoms with Gasteiger partial charge in [-0.05, 0) is 34.7 Å². The summed E-state index contributed by atoms with van der Waals surface area (Å²) in [5.74, 6) is 0.539. The van der Waals surface area contributed by atoms with Gasteiger partial charge in [-0.25, -0.2) is 0 Å². The summed E-state index contributed by atoms with van der Waals surface area (Å²) in [4.78, 5) is 4.49. The Morgan fingerprint density at radius 2 is 1.52 bits per heavy atom. The Morgan fingerprint density at radius 3 is 2.24 bits per heavy atom. The van der Waals surface area contributed by atoms with Crippen molar-refractivity contribution in [1.29, 1.82) is 0 Å². The minimum absolute atomic E-state index is 0.136. The zero-order valence-corrected chi connectivity index (χ0v) is 12.5. The van der Waals surface area contributed by atoms with Crippen molar-refractivity contribution in [2.45, 2.75) is 25.8 Å². The quantitative estimate of drug-likeness (QED) is 0.769. The van der Waals surface area contributed by atoms with Gasteiger partial charge in [-0.15, -0.1) is 0 Å². The van der Waals surface area contributed by atoms with Gasteiger partial charge in [0.15, 0.2) is 0 Å². The molecule has 1 atom stereocenters. The van der Waals surface area contributed by atoms with Gasteiger partial charge in [-0.3, -0.25) is 4.98 Å². The van der Waals surface area contributed by atoms with E-state index >= 15 is 0 Å². The fourth-order valence-corrected chi connectivity index (χ4v) is 2.54. The van der Waals surface area contributed by atoms with E-state index in [1.165, 1.54) is 5.56 Å². The van der Waals surface area contributed by atoms with Crippen LogP contribution in [0.2, 0.25) is 0 Å². The van der Waals surface area contributed by atoms with Crippen LogP contribution in [0.1, 0.15) is 42.5 Å². The van der Waals surface area contributed by atoms with Gasteiger partial charge < -0.3 is 5.73 Å². The highest BCUT2D eigenvalue weighted by atomic mass is 14.7. The number of benzene rings is 2. The summed E-state index contributed by atoms with van der Waals surface area (Å²) in [5, 5.41) is 1.13. The van der Waals surface area contributed by atoms with Crippen molar-refractivity contribution in [3.05, 3.63) is 77.5 Å². The van der Waals surface area contributed by atoms with Crippen LogP contribution in [0, 0.1) is 0 Å². The minimum atomic E-state index is -0.136. The maximum absolute atomic E-state index is 6.39. The molecule has 1 aromatic heterocycles. The zero-order chi connectivity index (χ0) is 14.8. The highest BCUT2D eigenvalue weighted by molar-refractivity contribution is 5.78. The van der Waals surface area contributed by atoms with Crippen LogP contribution in [0.25, 0.3) is 10.9 Å². The van der Waals surface area contributed by atoms with Crippen LogP contribution < -0.4 is 5.73 Å². The Hall–Kier alpha value is -2.19. The Bertz CT molecular complexity index is 745. The van der Waals surface area contributed by atoms with Crippen LogP contribution in [-0.4, -0.2) is 4.98 Å². The highest BCUT2D eigenvalue weighted by Gasteiger charge is 2.10. The molecule has 0 fully saturated rings. The lowest BCUT2D eigenvalue weighted by atomic mass is 9.96. The van der Waals surface area contributed by atoms with E-state index in [0.29, 0.717) is 5.92 Å². The molecule has 1 unspecified atom stereocenters. The van der Waals surface area contributed by atoms with Crippen LogP contribution in [0.5, 0.6) is 0 Å². The van der Waals surface area contributed by atoms with E-state index in [4.69, 9.17) is 5.73 Å². The van der Waals surface area contributed by atoms with Gasteiger partial charge in [-0.2, -0.15) is 0 Å². The van der Waals surface area contributed by atoms with Crippen molar-refractivity contribution >= 4 is 10.9 Å². The van der Waals surface area contributed by atoms with Gasteiger partial charge in [0, 0.05) is 11.6 Å². The first-order chi connectivity index (χ1) is 10.1. The molecule has 2 nitrogen and oxygen atoms in total. The third-order valence-corrected chi connectivity index (χ3v) is 3.93. The molecule has 1 heterocycles. The number of pyridine rings is 1. The molecule has 21 heavy (non-hydrogen) atoms. The molecular formula is C19H20N2. The van der Waals surface area contributed by atoms with Gasteiger partial charge >= 0.3 is 0 Å². The normalized spacial score (nSPS) is 12.8. The van der Waals surface area contributed by atoms with Gasteiger partial charge in [0.2, 0.25) is 0 Å². The summed E-state index contributed by atoms with van der Waals surface area (Å²) in [7, 11) is 0. The maximum atomic E-state index is 6.39. The zero-order valence-electron chi connectivity index (χ0n) is 12.5. The first-order valence-corrected chi connectivity index (χ1v) is 7.35. The number of hydrogen-bond donors (Lipinski definition) is 1.